The average molecular weight is 303 g/mol. The maximum atomic E-state index is 12.5. The zero-order chi connectivity index (χ0) is 16.3. The molecule has 5 heteroatoms. The molecule has 2 rings (SSSR count). The van der Waals surface area contributed by atoms with Crippen LogP contribution in [0.2, 0.25) is 0 Å². The number of hydrogen-bond acceptors (Lipinski definition) is 3. The number of carbonyl (C=O) groups excluding carboxylic acids is 2. The second-order valence-corrected chi connectivity index (χ2v) is 6.80. The van der Waals surface area contributed by atoms with E-state index in [1.54, 1.807) is 6.92 Å². The third-order valence-corrected chi connectivity index (χ3v) is 3.58. The Morgan fingerprint density at radius 2 is 2.00 bits per heavy atom. The van der Waals surface area contributed by atoms with Gasteiger partial charge in [0.1, 0.15) is 6.04 Å². The number of carbonyl (C=O) groups is 2. The molecule has 0 aliphatic carbocycles. The largest absolute Gasteiger partial charge is 0.385 e. The van der Waals surface area contributed by atoms with E-state index in [2.05, 4.69) is 16.0 Å². The van der Waals surface area contributed by atoms with Gasteiger partial charge < -0.3 is 16.0 Å². The highest BCUT2D eigenvalue weighted by molar-refractivity contribution is 5.99. The summed E-state index contributed by atoms with van der Waals surface area (Å²) in [4.78, 5) is 24.6. The normalized spacial score (nSPS) is 15.3. The molecule has 0 spiro atoms. The van der Waals surface area contributed by atoms with E-state index in [1.165, 1.54) is 0 Å². The molecule has 0 radical (unpaired) electrons. The Kier molecular flexibility index (Phi) is 4.74. The first-order valence-corrected chi connectivity index (χ1v) is 7.76. The Labute approximate surface area is 131 Å². The molecule has 120 valence electrons. The van der Waals surface area contributed by atoms with Crippen molar-refractivity contribution in [3.05, 3.63) is 29.3 Å². The van der Waals surface area contributed by atoms with Gasteiger partial charge in [0.05, 0.1) is 0 Å². The average Bonchev–Trinajstić information content (AvgIpc) is 2.44. The van der Waals surface area contributed by atoms with Crippen LogP contribution in [-0.2, 0) is 11.2 Å². The SMILES string of the molecule is CC(NC(=O)c1cccc2c1CCCN2)C(=O)NC(C)(C)C. The molecule has 0 aromatic heterocycles. The van der Waals surface area contributed by atoms with Gasteiger partial charge in [-0.2, -0.15) is 0 Å². The molecule has 1 heterocycles. The summed E-state index contributed by atoms with van der Waals surface area (Å²) < 4.78 is 0. The number of rotatable bonds is 3. The summed E-state index contributed by atoms with van der Waals surface area (Å²) in [5.74, 6) is -0.374. The number of benzene rings is 1. The lowest BCUT2D eigenvalue weighted by molar-refractivity contribution is -0.124. The van der Waals surface area contributed by atoms with Crippen molar-refractivity contribution in [3.8, 4) is 0 Å². The predicted molar refractivity (Wildman–Crippen MR) is 88.1 cm³/mol. The third-order valence-electron chi connectivity index (χ3n) is 3.58. The first-order chi connectivity index (χ1) is 10.3. The second kappa shape index (κ2) is 6.38. The van der Waals surface area contributed by atoms with Crippen LogP contribution in [0.3, 0.4) is 0 Å². The number of hydrogen-bond donors (Lipinski definition) is 3. The van der Waals surface area contributed by atoms with Gasteiger partial charge in [0.15, 0.2) is 0 Å². The van der Waals surface area contributed by atoms with Gasteiger partial charge in [0.25, 0.3) is 5.91 Å². The van der Waals surface area contributed by atoms with Crippen LogP contribution in [-0.4, -0.2) is 29.9 Å². The molecule has 0 saturated carbocycles. The van der Waals surface area contributed by atoms with Gasteiger partial charge in [0.2, 0.25) is 5.91 Å². The first-order valence-electron chi connectivity index (χ1n) is 7.76. The summed E-state index contributed by atoms with van der Waals surface area (Å²) in [5.41, 5.74) is 2.40. The molecule has 1 aromatic rings. The molecule has 1 atom stereocenters. The number of fused-ring (bicyclic) bond motifs is 1. The van der Waals surface area contributed by atoms with E-state index in [1.807, 2.05) is 39.0 Å². The van der Waals surface area contributed by atoms with Gasteiger partial charge in [-0.15, -0.1) is 0 Å². The third kappa shape index (κ3) is 4.00. The maximum absolute atomic E-state index is 12.5. The van der Waals surface area contributed by atoms with Crippen LogP contribution in [0.5, 0.6) is 0 Å². The fourth-order valence-electron chi connectivity index (χ4n) is 2.54. The van der Waals surface area contributed by atoms with Gasteiger partial charge in [-0.3, -0.25) is 9.59 Å². The highest BCUT2D eigenvalue weighted by Crippen LogP contribution is 2.25. The van der Waals surface area contributed by atoms with Crippen LogP contribution >= 0.6 is 0 Å². The zero-order valence-electron chi connectivity index (χ0n) is 13.7. The molecule has 0 bridgehead atoms. The minimum Gasteiger partial charge on any atom is -0.385 e. The Hall–Kier alpha value is -2.04. The molecule has 0 fully saturated rings. The summed E-state index contributed by atoms with van der Waals surface area (Å²) in [6.45, 7) is 8.38. The summed E-state index contributed by atoms with van der Waals surface area (Å²) in [6, 6.07) is 5.10. The van der Waals surface area contributed by atoms with E-state index >= 15 is 0 Å². The van der Waals surface area contributed by atoms with Crippen molar-refractivity contribution in [2.24, 2.45) is 0 Å². The van der Waals surface area contributed by atoms with Crippen molar-refractivity contribution in [2.45, 2.75) is 52.1 Å². The lowest BCUT2D eigenvalue weighted by Crippen LogP contribution is -2.51. The Morgan fingerprint density at radius 1 is 1.27 bits per heavy atom. The topological polar surface area (TPSA) is 70.2 Å². The van der Waals surface area contributed by atoms with E-state index in [0.29, 0.717) is 5.56 Å². The van der Waals surface area contributed by atoms with E-state index < -0.39 is 6.04 Å². The minimum atomic E-state index is -0.570. The number of nitrogens with one attached hydrogen (secondary N) is 3. The fourth-order valence-corrected chi connectivity index (χ4v) is 2.54. The zero-order valence-corrected chi connectivity index (χ0v) is 13.7. The monoisotopic (exact) mass is 303 g/mol. The standard InChI is InChI=1S/C17H25N3O2/c1-11(15(21)20-17(2,3)4)19-16(22)13-7-5-9-14-12(13)8-6-10-18-14/h5,7,9,11,18H,6,8,10H2,1-4H3,(H,19,22)(H,20,21). The molecule has 1 aliphatic rings. The maximum Gasteiger partial charge on any atom is 0.252 e. The Morgan fingerprint density at radius 3 is 2.68 bits per heavy atom. The van der Waals surface area contributed by atoms with Crippen molar-refractivity contribution in [1.29, 1.82) is 0 Å². The van der Waals surface area contributed by atoms with Crippen LogP contribution in [0.4, 0.5) is 5.69 Å². The van der Waals surface area contributed by atoms with E-state index in [0.717, 1.165) is 30.6 Å². The second-order valence-electron chi connectivity index (χ2n) is 6.80. The van der Waals surface area contributed by atoms with Gasteiger partial charge in [-0.1, -0.05) is 6.07 Å². The molecule has 0 saturated heterocycles. The molecular formula is C17H25N3O2. The molecule has 1 unspecified atom stereocenters. The molecule has 22 heavy (non-hydrogen) atoms. The Bertz CT molecular complexity index is 576. The van der Waals surface area contributed by atoms with Crippen molar-refractivity contribution >= 4 is 17.5 Å². The van der Waals surface area contributed by atoms with Crippen LogP contribution in [0, 0.1) is 0 Å². The lowest BCUT2D eigenvalue weighted by Gasteiger charge is -2.24. The highest BCUT2D eigenvalue weighted by Gasteiger charge is 2.23. The Balaban J connectivity index is 2.08. The quantitative estimate of drug-likeness (QED) is 0.800. The van der Waals surface area contributed by atoms with Crippen molar-refractivity contribution in [1.82, 2.24) is 10.6 Å². The summed E-state index contributed by atoms with van der Waals surface area (Å²) in [5, 5.41) is 8.97. The summed E-state index contributed by atoms with van der Waals surface area (Å²) in [7, 11) is 0. The van der Waals surface area contributed by atoms with Crippen LogP contribution in [0.25, 0.3) is 0 Å². The number of amides is 2. The summed E-state index contributed by atoms with van der Waals surface area (Å²) >= 11 is 0. The van der Waals surface area contributed by atoms with Gasteiger partial charge in [0, 0.05) is 23.3 Å². The van der Waals surface area contributed by atoms with E-state index in [-0.39, 0.29) is 17.4 Å². The summed E-state index contributed by atoms with van der Waals surface area (Å²) in [6.07, 6.45) is 1.89. The molecule has 1 aliphatic heterocycles. The molecule has 3 N–H and O–H groups in total. The first kappa shape index (κ1) is 16.3. The highest BCUT2D eigenvalue weighted by atomic mass is 16.2. The van der Waals surface area contributed by atoms with Crippen LogP contribution in [0.15, 0.2) is 18.2 Å². The lowest BCUT2D eigenvalue weighted by atomic mass is 9.97. The minimum absolute atomic E-state index is 0.177. The van der Waals surface area contributed by atoms with Crippen molar-refractivity contribution < 1.29 is 9.59 Å². The van der Waals surface area contributed by atoms with Crippen molar-refractivity contribution in [3.63, 3.8) is 0 Å². The molecule has 1 aromatic carbocycles. The van der Waals surface area contributed by atoms with Gasteiger partial charge in [-0.05, 0) is 58.2 Å². The van der Waals surface area contributed by atoms with Crippen molar-refractivity contribution in [2.75, 3.05) is 11.9 Å². The van der Waals surface area contributed by atoms with Crippen LogP contribution in [0.1, 0.15) is 50.0 Å². The molecular weight excluding hydrogens is 278 g/mol. The molecule has 2 amide bonds. The fraction of sp³-hybridized carbons (Fsp3) is 0.529. The van der Waals surface area contributed by atoms with E-state index in [9.17, 15) is 9.59 Å². The van der Waals surface area contributed by atoms with E-state index in [4.69, 9.17) is 0 Å². The van der Waals surface area contributed by atoms with Gasteiger partial charge in [-0.25, -0.2) is 0 Å². The molecule has 5 nitrogen and oxygen atoms in total. The smallest absolute Gasteiger partial charge is 0.252 e. The van der Waals surface area contributed by atoms with Gasteiger partial charge >= 0.3 is 0 Å². The number of anilines is 1. The predicted octanol–water partition coefficient (Wildman–Crippen LogP) is 2.08. The van der Waals surface area contributed by atoms with Crippen LogP contribution < -0.4 is 16.0 Å².